The summed E-state index contributed by atoms with van der Waals surface area (Å²) in [6.07, 6.45) is 4.60. The minimum atomic E-state index is -0.289. The number of carbonyl (C=O) groups is 2. The monoisotopic (exact) mass is 322 g/mol. The van der Waals surface area contributed by atoms with Crippen LogP contribution < -0.4 is 10.3 Å². The fourth-order valence-electron chi connectivity index (χ4n) is 2.59. The first-order valence-corrected chi connectivity index (χ1v) is 7.80. The van der Waals surface area contributed by atoms with E-state index in [1.807, 2.05) is 31.2 Å². The number of nitrogens with zero attached hydrogens (tertiary/aromatic N) is 3. The Morgan fingerprint density at radius 1 is 1.21 bits per heavy atom. The number of hydrogen-bond donors (Lipinski definition) is 1. The number of rotatable bonds is 4. The van der Waals surface area contributed by atoms with E-state index in [0.29, 0.717) is 17.7 Å². The summed E-state index contributed by atoms with van der Waals surface area (Å²) in [7, 11) is 0. The van der Waals surface area contributed by atoms with Gasteiger partial charge in [-0.1, -0.05) is 12.1 Å². The van der Waals surface area contributed by atoms with E-state index in [1.165, 1.54) is 0 Å². The Morgan fingerprint density at radius 2 is 2.00 bits per heavy atom. The molecular weight excluding hydrogens is 304 g/mol. The maximum Gasteiger partial charge on any atom is 0.271 e. The van der Waals surface area contributed by atoms with Gasteiger partial charge in [0.05, 0.1) is 5.71 Å². The minimum absolute atomic E-state index is 0.146. The van der Waals surface area contributed by atoms with E-state index in [4.69, 9.17) is 0 Å². The first-order chi connectivity index (χ1) is 11.6. The predicted molar refractivity (Wildman–Crippen MR) is 91.9 cm³/mol. The summed E-state index contributed by atoms with van der Waals surface area (Å²) in [6, 6.07) is 10.9. The summed E-state index contributed by atoms with van der Waals surface area (Å²) < 4.78 is 0. The lowest BCUT2D eigenvalue weighted by Gasteiger charge is -2.16. The number of hydrogen-bond acceptors (Lipinski definition) is 4. The van der Waals surface area contributed by atoms with Crippen LogP contribution in [0.25, 0.3) is 0 Å². The second-order valence-electron chi connectivity index (χ2n) is 5.57. The molecule has 0 radical (unpaired) electrons. The summed E-state index contributed by atoms with van der Waals surface area (Å²) in [5.74, 6) is -0.143. The van der Waals surface area contributed by atoms with Gasteiger partial charge in [-0.25, -0.2) is 5.43 Å². The molecule has 3 rings (SSSR count). The van der Waals surface area contributed by atoms with Crippen LogP contribution in [0.5, 0.6) is 0 Å². The maximum absolute atomic E-state index is 12.0. The van der Waals surface area contributed by atoms with Crippen molar-refractivity contribution in [2.75, 3.05) is 11.4 Å². The third kappa shape index (κ3) is 3.48. The van der Waals surface area contributed by atoms with Gasteiger partial charge in [0.15, 0.2) is 0 Å². The summed E-state index contributed by atoms with van der Waals surface area (Å²) >= 11 is 0. The number of carbonyl (C=O) groups excluding carboxylic acids is 2. The van der Waals surface area contributed by atoms with Crippen molar-refractivity contribution in [3.63, 3.8) is 0 Å². The molecule has 1 saturated heterocycles. The van der Waals surface area contributed by atoms with Gasteiger partial charge in [0, 0.05) is 36.6 Å². The van der Waals surface area contributed by atoms with Gasteiger partial charge in [-0.05, 0) is 43.2 Å². The van der Waals surface area contributed by atoms with Crippen molar-refractivity contribution in [3.05, 3.63) is 59.9 Å². The fourth-order valence-corrected chi connectivity index (χ4v) is 2.59. The van der Waals surface area contributed by atoms with Gasteiger partial charge in [-0.3, -0.25) is 14.6 Å². The van der Waals surface area contributed by atoms with Crippen molar-refractivity contribution in [2.45, 2.75) is 19.8 Å². The van der Waals surface area contributed by atoms with Gasteiger partial charge in [0.25, 0.3) is 5.91 Å². The lowest BCUT2D eigenvalue weighted by molar-refractivity contribution is -0.117. The Balaban J connectivity index is 1.74. The number of nitrogens with one attached hydrogen (secondary N) is 1. The number of anilines is 1. The van der Waals surface area contributed by atoms with E-state index in [-0.39, 0.29) is 11.8 Å². The van der Waals surface area contributed by atoms with Crippen molar-refractivity contribution >= 4 is 23.2 Å². The van der Waals surface area contributed by atoms with Crippen LogP contribution in [0.2, 0.25) is 0 Å². The lowest BCUT2D eigenvalue weighted by Crippen LogP contribution is -2.24. The molecule has 6 heteroatoms. The van der Waals surface area contributed by atoms with E-state index in [0.717, 1.165) is 24.2 Å². The molecule has 1 aromatic carbocycles. The molecule has 24 heavy (non-hydrogen) atoms. The number of hydrazone groups is 1. The fraction of sp³-hybridized carbons (Fsp3) is 0.222. The Morgan fingerprint density at radius 3 is 2.71 bits per heavy atom. The van der Waals surface area contributed by atoms with Gasteiger partial charge < -0.3 is 4.90 Å². The van der Waals surface area contributed by atoms with Crippen LogP contribution in [0.15, 0.2) is 53.9 Å². The topological polar surface area (TPSA) is 74.7 Å². The molecule has 1 fully saturated rings. The van der Waals surface area contributed by atoms with Crippen molar-refractivity contribution in [2.24, 2.45) is 5.10 Å². The van der Waals surface area contributed by atoms with Crippen LogP contribution >= 0.6 is 0 Å². The number of amides is 2. The number of aromatic nitrogens is 1. The zero-order valence-electron chi connectivity index (χ0n) is 13.4. The molecule has 2 amide bonds. The Bertz CT molecular complexity index is 787. The number of benzene rings is 1. The predicted octanol–water partition coefficient (Wildman–Crippen LogP) is 2.36. The molecular formula is C18H18N4O2. The third-order valence-corrected chi connectivity index (χ3v) is 3.92. The van der Waals surface area contributed by atoms with Crippen LogP contribution in [0.1, 0.15) is 35.7 Å². The summed E-state index contributed by atoms with van der Waals surface area (Å²) in [6.45, 7) is 2.56. The molecule has 2 heterocycles. The molecule has 1 N–H and O–H groups in total. The second kappa shape index (κ2) is 7.04. The quantitative estimate of drug-likeness (QED) is 0.693. The standard InChI is InChI=1S/C18H18N4O2/c1-13(20-21-18(24)14-7-9-19-10-8-14)15-4-2-5-16(12-15)22-11-3-6-17(22)23/h2,4-5,7-10,12H,3,6,11H2,1H3,(H,21,24)/b20-13-. The zero-order chi connectivity index (χ0) is 16.9. The Hall–Kier alpha value is -3.02. The molecule has 1 aliphatic rings. The van der Waals surface area contributed by atoms with Gasteiger partial charge >= 0.3 is 0 Å². The minimum Gasteiger partial charge on any atom is -0.312 e. The van der Waals surface area contributed by atoms with E-state index in [2.05, 4.69) is 15.5 Å². The van der Waals surface area contributed by atoms with Crippen molar-refractivity contribution < 1.29 is 9.59 Å². The molecule has 0 atom stereocenters. The van der Waals surface area contributed by atoms with E-state index in [9.17, 15) is 9.59 Å². The van der Waals surface area contributed by atoms with E-state index < -0.39 is 0 Å². The van der Waals surface area contributed by atoms with Crippen molar-refractivity contribution in [3.8, 4) is 0 Å². The first-order valence-electron chi connectivity index (χ1n) is 7.80. The summed E-state index contributed by atoms with van der Waals surface area (Å²) in [4.78, 5) is 29.5. The summed E-state index contributed by atoms with van der Waals surface area (Å²) in [5, 5.41) is 4.15. The highest BCUT2D eigenvalue weighted by Gasteiger charge is 2.21. The number of pyridine rings is 1. The zero-order valence-corrected chi connectivity index (χ0v) is 13.4. The molecule has 1 aliphatic heterocycles. The highest BCUT2D eigenvalue weighted by molar-refractivity contribution is 6.02. The van der Waals surface area contributed by atoms with Gasteiger partial charge in [-0.2, -0.15) is 5.10 Å². The molecule has 1 aromatic heterocycles. The molecule has 0 spiro atoms. The maximum atomic E-state index is 12.0. The summed E-state index contributed by atoms with van der Waals surface area (Å²) in [5.41, 5.74) is 5.43. The van der Waals surface area contributed by atoms with E-state index in [1.54, 1.807) is 29.4 Å². The van der Waals surface area contributed by atoms with Crippen LogP contribution in [0, 0.1) is 0 Å². The Kier molecular flexibility index (Phi) is 4.65. The average molecular weight is 322 g/mol. The molecule has 0 unspecified atom stereocenters. The van der Waals surface area contributed by atoms with Gasteiger partial charge in [0.1, 0.15) is 0 Å². The smallest absolute Gasteiger partial charge is 0.271 e. The second-order valence-corrected chi connectivity index (χ2v) is 5.57. The highest BCUT2D eigenvalue weighted by Crippen LogP contribution is 2.22. The van der Waals surface area contributed by atoms with Crippen molar-refractivity contribution in [1.82, 2.24) is 10.4 Å². The molecule has 6 nitrogen and oxygen atoms in total. The van der Waals surface area contributed by atoms with Crippen molar-refractivity contribution in [1.29, 1.82) is 0 Å². The molecule has 0 saturated carbocycles. The Labute approximate surface area is 140 Å². The largest absolute Gasteiger partial charge is 0.312 e. The highest BCUT2D eigenvalue weighted by atomic mass is 16.2. The first kappa shape index (κ1) is 15.9. The van der Waals surface area contributed by atoms with E-state index >= 15 is 0 Å². The van der Waals surface area contributed by atoms with Crippen LogP contribution in [0.3, 0.4) is 0 Å². The average Bonchev–Trinajstić information content (AvgIpc) is 3.06. The molecule has 0 bridgehead atoms. The molecule has 0 aliphatic carbocycles. The van der Waals surface area contributed by atoms with Crippen LogP contribution in [0.4, 0.5) is 5.69 Å². The van der Waals surface area contributed by atoms with Crippen LogP contribution in [-0.2, 0) is 4.79 Å². The molecule has 122 valence electrons. The molecule has 2 aromatic rings. The SMILES string of the molecule is C/C(=N/NC(=O)c1ccncc1)c1cccc(N2CCCC2=O)c1. The van der Waals surface area contributed by atoms with Gasteiger partial charge in [0.2, 0.25) is 5.91 Å². The normalized spacial score (nSPS) is 14.8. The van der Waals surface area contributed by atoms with Crippen LogP contribution in [-0.4, -0.2) is 29.1 Å². The lowest BCUT2D eigenvalue weighted by atomic mass is 10.1. The van der Waals surface area contributed by atoms with Gasteiger partial charge in [-0.15, -0.1) is 0 Å². The third-order valence-electron chi connectivity index (χ3n) is 3.92.